The van der Waals surface area contributed by atoms with Crippen molar-refractivity contribution in [3.8, 4) is 11.5 Å². The fourth-order valence-electron chi connectivity index (χ4n) is 1.69. The number of halogens is 1. The molecule has 0 spiro atoms. The van der Waals surface area contributed by atoms with Crippen LogP contribution in [0.1, 0.15) is 12.3 Å². The van der Waals surface area contributed by atoms with Gasteiger partial charge in [0.25, 0.3) is 5.69 Å². The SMILES string of the molecule is CNCCCc1nnc(-c2cc(F)cc([N+](=O)[O-])c2)o1. The lowest BCUT2D eigenvalue weighted by molar-refractivity contribution is -0.385. The highest BCUT2D eigenvalue weighted by molar-refractivity contribution is 5.57. The highest BCUT2D eigenvalue weighted by atomic mass is 19.1. The van der Waals surface area contributed by atoms with Crippen LogP contribution in [0.25, 0.3) is 11.5 Å². The predicted molar refractivity (Wildman–Crippen MR) is 68.6 cm³/mol. The zero-order chi connectivity index (χ0) is 14.5. The van der Waals surface area contributed by atoms with Crippen LogP contribution in [-0.4, -0.2) is 28.7 Å². The number of nitrogens with one attached hydrogen (secondary N) is 1. The van der Waals surface area contributed by atoms with Gasteiger partial charge in [-0.05, 0) is 26.1 Å². The number of aromatic nitrogens is 2. The Morgan fingerprint density at radius 2 is 2.20 bits per heavy atom. The maximum atomic E-state index is 13.3. The second kappa shape index (κ2) is 6.20. The quantitative estimate of drug-likeness (QED) is 0.493. The molecule has 1 aromatic carbocycles. The van der Waals surface area contributed by atoms with Crippen LogP contribution >= 0.6 is 0 Å². The molecule has 8 heteroatoms. The van der Waals surface area contributed by atoms with Crippen molar-refractivity contribution in [2.24, 2.45) is 0 Å². The number of non-ortho nitro benzene ring substituents is 1. The molecule has 0 fully saturated rings. The third-order valence-corrected chi connectivity index (χ3v) is 2.62. The summed E-state index contributed by atoms with van der Waals surface area (Å²) in [7, 11) is 1.84. The van der Waals surface area contributed by atoms with Gasteiger partial charge in [-0.3, -0.25) is 10.1 Å². The average Bonchev–Trinajstić information content (AvgIpc) is 2.87. The lowest BCUT2D eigenvalue weighted by Crippen LogP contribution is -2.08. The maximum absolute atomic E-state index is 13.3. The molecule has 0 aliphatic rings. The van der Waals surface area contributed by atoms with E-state index >= 15 is 0 Å². The third-order valence-electron chi connectivity index (χ3n) is 2.62. The van der Waals surface area contributed by atoms with E-state index in [9.17, 15) is 14.5 Å². The summed E-state index contributed by atoms with van der Waals surface area (Å²) in [5.74, 6) is -0.224. The minimum absolute atomic E-state index is 0.0760. The van der Waals surface area contributed by atoms with Gasteiger partial charge in [-0.25, -0.2) is 4.39 Å². The Hall–Kier alpha value is -2.35. The van der Waals surface area contributed by atoms with Crippen LogP contribution in [0, 0.1) is 15.9 Å². The first kappa shape index (κ1) is 14.1. The van der Waals surface area contributed by atoms with Gasteiger partial charge in [0.1, 0.15) is 5.82 Å². The number of hydrogen-bond acceptors (Lipinski definition) is 6. The van der Waals surface area contributed by atoms with Crippen LogP contribution in [0.3, 0.4) is 0 Å². The number of hydrogen-bond donors (Lipinski definition) is 1. The number of nitrogens with zero attached hydrogens (tertiary/aromatic N) is 3. The van der Waals surface area contributed by atoms with Gasteiger partial charge in [-0.1, -0.05) is 0 Å². The molecular formula is C12H13FN4O3. The smallest absolute Gasteiger partial charge is 0.273 e. The first-order valence-corrected chi connectivity index (χ1v) is 6.02. The summed E-state index contributed by atoms with van der Waals surface area (Å²) in [5, 5.41) is 21.3. The van der Waals surface area contributed by atoms with E-state index in [-0.39, 0.29) is 17.1 Å². The molecule has 1 N–H and O–H groups in total. The molecule has 2 aromatic rings. The molecule has 0 saturated heterocycles. The van der Waals surface area contributed by atoms with Crippen molar-refractivity contribution >= 4 is 5.69 Å². The van der Waals surface area contributed by atoms with E-state index in [2.05, 4.69) is 15.5 Å². The number of nitro groups is 1. The first-order valence-electron chi connectivity index (χ1n) is 6.02. The van der Waals surface area contributed by atoms with Gasteiger partial charge in [-0.15, -0.1) is 10.2 Å². The highest BCUT2D eigenvalue weighted by Gasteiger charge is 2.15. The molecule has 1 aromatic heterocycles. The van der Waals surface area contributed by atoms with Crippen LogP contribution in [0.5, 0.6) is 0 Å². The summed E-state index contributed by atoms with van der Waals surface area (Å²) in [4.78, 5) is 10.0. The molecular weight excluding hydrogens is 267 g/mol. The van der Waals surface area contributed by atoms with Gasteiger partial charge >= 0.3 is 0 Å². The van der Waals surface area contributed by atoms with E-state index in [1.807, 2.05) is 7.05 Å². The molecule has 0 bridgehead atoms. The molecule has 0 aliphatic heterocycles. The molecule has 20 heavy (non-hydrogen) atoms. The van der Waals surface area contributed by atoms with Crippen LogP contribution in [0.15, 0.2) is 22.6 Å². The van der Waals surface area contributed by atoms with E-state index in [0.717, 1.165) is 25.1 Å². The van der Waals surface area contributed by atoms with Gasteiger partial charge in [0.2, 0.25) is 11.8 Å². The molecule has 0 unspecified atom stereocenters. The minimum atomic E-state index is -0.718. The second-order valence-corrected chi connectivity index (χ2v) is 4.16. The zero-order valence-corrected chi connectivity index (χ0v) is 10.8. The van der Waals surface area contributed by atoms with Gasteiger partial charge in [-0.2, -0.15) is 0 Å². The van der Waals surface area contributed by atoms with Gasteiger partial charge in [0.05, 0.1) is 11.0 Å². The lowest BCUT2D eigenvalue weighted by atomic mass is 10.2. The summed E-state index contributed by atoms with van der Waals surface area (Å²) in [6, 6.07) is 3.17. The second-order valence-electron chi connectivity index (χ2n) is 4.16. The molecule has 1 heterocycles. The Kier molecular flexibility index (Phi) is 4.36. The Balaban J connectivity index is 2.21. The maximum Gasteiger partial charge on any atom is 0.273 e. The molecule has 0 radical (unpaired) electrons. The summed E-state index contributed by atoms with van der Waals surface area (Å²) in [5.41, 5.74) is -0.154. The Morgan fingerprint density at radius 3 is 2.90 bits per heavy atom. The van der Waals surface area contributed by atoms with Crippen molar-refractivity contribution in [2.45, 2.75) is 12.8 Å². The van der Waals surface area contributed by atoms with E-state index < -0.39 is 10.7 Å². The fraction of sp³-hybridized carbons (Fsp3) is 0.333. The van der Waals surface area contributed by atoms with E-state index in [1.165, 1.54) is 6.07 Å². The fourth-order valence-corrected chi connectivity index (χ4v) is 1.69. The zero-order valence-electron chi connectivity index (χ0n) is 10.8. The normalized spacial score (nSPS) is 10.7. The average molecular weight is 280 g/mol. The lowest BCUT2D eigenvalue weighted by Gasteiger charge is -1.97. The molecule has 0 atom stereocenters. The van der Waals surface area contributed by atoms with Crippen LogP contribution in [0.4, 0.5) is 10.1 Å². The molecule has 0 saturated carbocycles. The number of rotatable bonds is 6. The topological polar surface area (TPSA) is 94.1 Å². The van der Waals surface area contributed by atoms with Crippen molar-refractivity contribution in [1.29, 1.82) is 0 Å². The summed E-state index contributed by atoms with van der Waals surface area (Å²) < 4.78 is 18.7. The van der Waals surface area contributed by atoms with Crippen LogP contribution in [0.2, 0.25) is 0 Å². The van der Waals surface area contributed by atoms with Crippen molar-refractivity contribution < 1.29 is 13.7 Å². The van der Waals surface area contributed by atoms with Gasteiger partial charge in [0, 0.05) is 18.1 Å². The van der Waals surface area contributed by atoms with Crippen molar-refractivity contribution in [2.75, 3.05) is 13.6 Å². The van der Waals surface area contributed by atoms with E-state index in [1.54, 1.807) is 0 Å². The Labute approximate surface area is 114 Å². The monoisotopic (exact) mass is 280 g/mol. The number of nitro benzene ring substituents is 1. The molecule has 0 aliphatic carbocycles. The molecule has 106 valence electrons. The van der Waals surface area contributed by atoms with Crippen LogP contribution < -0.4 is 5.32 Å². The molecule has 2 rings (SSSR count). The van der Waals surface area contributed by atoms with Crippen molar-refractivity contribution in [3.63, 3.8) is 0 Å². The summed E-state index contributed by atoms with van der Waals surface area (Å²) >= 11 is 0. The van der Waals surface area contributed by atoms with Crippen LogP contribution in [-0.2, 0) is 6.42 Å². The van der Waals surface area contributed by atoms with Crippen molar-refractivity contribution in [1.82, 2.24) is 15.5 Å². The predicted octanol–water partition coefficient (Wildman–Crippen LogP) is 1.94. The molecule has 7 nitrogen and oxygen atoms in total. The van der Waals surface area contributed by atoms with E-state index in [4.69, 9.17) is 4.42 Å². The Bertz CT molecular complexity index is 614. The third kappa shape index (κ3) is 3.35. The standard InChI is InChI=1S/C12H13FN4O3/c1-14-4-2-3-11-15-16-12(20-11)8-5-9(13)7-10(6-8)17(18)19/h5-7,14H,2-4H2,1H3. The molecule has 0 amide bonds. The Morgan fingerprint density at radius 1 is 1.40 bits per heavy atom. The van der Waals surface area contributed by atoms with Gasteiger partial charge in [0.15, 0.2) is 0 Å². The first-order chi connectivity index (χ1) is 9.60. The summed E-state index contributed by atoms with van der Waals surface area (Å²) in [6.45, 7) is 0.809. The number of benzene rings is 1. The van der Waals surface area contributed by atoms with Crippen molar-refractivity contribution in [3.05, 3.63) is 40.0 Å². The number of aryl methyl sites for hydroxylation is 1. The summed E-state index contributed by atoms with van der Waals surface area (Å²) in [6.07, 6.45) is 1.41. The highest BCUT2D eigenvalue weighted by Crippen LogP contribution is 2.24. The minimum Gasteiger partial charge on any atom is -0.421 e. The van der Waals surface area contributed by atoms with Gasteiger partial charge < -0.3 is 9.73 Å². The van der Waals surface area contributed by atoms with E-state index in [0.29, 0.717) is 12.3 Å². The largest absolute Gasteiger partial charge is 0.421 e.